The van der Waals surface area contributed by atoms with Crippen LogP contribution in [-0.4, -0.2) is 16.2 Å². The molecule has 3 nitrogen and oxygen atoms in total. The zero-order chi connectivity index (χ0) is 10.7. The standard InChI is InChI=1S/C12H14N2O/c13-9-12(14-6-1-2-7-14)10-4-3-5-11(15)8-10/h1-8,12,15H,9,13H2. The third kappa shape index (κ3) is 2.02. The van der Waals surface area contributed by atoms with Crippen LogP contribution in [0.3, 0.4) is 0 Å². The van der Waals surface area contributed by atoms with Gasteiger partial charge in [-0.2, -0.15) is 0 Å². The molecule has 2 rings (SSSR count). The van der Waals surface area contributed by atoms with Gasteiger partial charge in [-0.25, -0.2) is 0 Å². The van der Waals surface area contributed by atoms with E-state index in [1.54, 1.807) is 12.1 Å². The Bertz CT molecular complexity index is 423. The molecule has 1 aromatic heterocycles. The SMILES string of the molecule is NCC(c1cccc(O)c1)n1cccc1. The summed E-state index contributed by atoms with van der Waals surface area (Å²) in [6.07, 6.45) is 3.95. The fourth-order valence-electron chi connectivity index (χ4n) is 1.72. The maximum Gasteiger partial charge on any atom is 0.115 e. The molecule has 2 aromatic rings. The van der Waals surface area contributed by atoms with Crippen LogP contribution in [0.15, 0.2) is 48.8 Å². The van der Waals surface area contributed by atoms with Crippen molar-refractivity contribution in [1.29, 1.82) is 0 Å². The Labute approximate surface area is 88.8 Å². The minimum Gasteiger partial charge on any atom is -0.508 e. The first-order chi connectivity index (χ1) is 7.31. The van der Waals surface area contributed by atoms with E-state index in [0.717, 1.165) is 5.56 Å². The highest BCUT2D eigenvalue weighted by atomic mass is 16.3. The lowest BCUT2D eigenvalue weighted by Crippen LogP contribution is -2.19. The van der Waals surface area contributed by atoms with Crippen LogP contribution in [0.4, 0.5) is 0 Å². The molecule has 3 heteroatoms. The molecule has 0 aliphatic carbocycles. The van der Waals surface area contributed by atoms with Gasteiger partial charge in [-0.1, -0.05) is 12.1 Å². The highest BCUT2D eigenvalue weighted by Crippen LogP contribution is 2.21. The van der Waals surface area contributed by atoms with E-state index >= 15 is 0 Å². The number of phenolic OH excluding ortho intramolecular Hbond substituents is 1. The van der Waals surface area contributed by atoms with Gasteiger partial charge in [-0.05, 0) is 29.8 Å². The van der Waals surface area contributed by atoms with Crippen molar-refractivity contribution in [1.82, 2.24) is 4.57 Å². The molecule has 78 valence electrons. The van der Waals surface area contributed by atoms with E-state index in [9.17, 15) is 5.11 Å². The van der Waals surface area contributed by atoms with Gasteiger partial charge in [-0.15, -0.1) is 0 Å². The van der Waals surface area contributed by atoms with Gasteiger partial charge in [0.15, 0.2) is 0 Å². The molecule has 1 unspecified atom stereocenters. The van der Waals surface area contributed by atoms with Crippen molar-refractivity contribution in [2.75, 3.05) is 6.54 Å². The molecule has 0 bridgehead atoms. The van der Waals surface area contributed by atoms with E-state index in [4.69, 9.17) is 5.73 Å². The summed E-state index contributed by atoms with van der Waals surface area (Å²) in [6, 6.07) is 11.2. The Morgan fingerprint density at radius 1 is 1.20 bits per heavy atom. The average Bonchev–Trinajstić information content (AvgIpc) is 2.72. The third-order valence-electron chi connectivity index (χ3n) is 2.47. The summed E-state index contributed by atoms with van der Waals surface area (Å²) in [4.78, 5) is 0. The number of nitrogens with zero attached hydrogens (tertiary/aromatic N) is 1. The largest absolute Gasteiger partial charge is 0.508 e. The number of phenols is 1. The zero-order valence-electron chi connectivity index (χ0n) is 8.38. The van der Waals surface area contributed by atoms with Crippen LogP contribution in [0, 0.1) is 0 Å². The molecule has 0 amide bonds. The lowest BCUT2D eigenvalue weighted by atomic mass is 10.1. The molecule has 1 heterocycles. The van der Waals surface area contributed by atoms with Crippen LogP contribution in [0.5, 0.6) is 5.75 Å². The topological polar surface area (TPSA) is 51.2 Å². The third-order valence-corrected chi connectivity index (χ3v) is 2.47. The molecule has 0 aliphatic heterocycles. The van der Waals surface area contributed by atoms with Crippen molar-refractivity contribution >= 4 is 0 Å². The van der Waals surface area contributed by atoms with E-state index in [1.165, 1.54) is 0 Å². The number of hydrogen-bond donors (Lipinski definition) is 2. The van der Waals surface area contributed by atoms with Crippen molar-refractivity contribution in [3.8, 4) is 5.75 Å². The van der Waals surface area contributed by atoms with Crippen molar-refractivity contribution in [3.05, 3.63) is 54.4 Å². The van der Waals surface area contributed by atoms with Gasteiger partial charge in [0.1, 0.15) is 5.75 Å². The maximum atomic E-state index is 9.40. The molecular formula is C12H14N2O. The predicted molar refractivity (Wildman–Crippen MR) is 59.7 cm³/mol. The molecular weight excluding hydrogens is 188 g/mol. The first-order valence-electron chi connectivity index (χ1n) is 4.92. The van der Waals surface area contributed by atoms with E-state index < -0.39 is 0 Å². The van der Waals surface area contributed by atoms with Crippen molar-refractivity contribution < 1.29 is 5.11 Å². The summed E-state index contributed by atoms with van der Waals surface area (Å²) in [5.41, 5.74) is 6.77. The van der Waals surface area contributed by atoms with Crippen LogP contribution >= 0.6 is 0 Å². The summed E-state index contributed by atoms with van der Waals surface area (Å²) in [7, 11) is 0. The molecule has 0 fully saturated rings. The highest BCUT2D eigenvalue weighted by molar-refractivity contribution is 5.30. The number of nitrogens with two attached hydrogens (primary N) is 1. The number of aromatic hydroxyl groups is 1. The second-order valence-corrected chi connectivity index (χ2v) is 3.48. The van der Waals surface area contributed by atoms with Crippen LogP contribution in [-0.2, 0) is 0 Å². The Morgan fingerprint density at radius 2 is 1.93 bits per heavy atom. The molecule has 0 spiro atoms. The summed E-state index contributed by atoms with van der Waals surface area (Å²) in [5.74, 6) is 0.276. The zero-order valence-corrected chi connectivity index (χ0v) is 8.38. The quantitative estimate of drug-likeness (QED) is 0.796. The molecule has 15 heavy (non-hydrogen) atoms. The van der Waals surface area contributed by atoms with Gasteiger partial charge in [0.2, 0.25) is 0 Å². The highest BCUT2D eigenvalue weighted by Gasteiger charge is 2.10. The fraction of sp³-hybridized carbons (Fsp3) is 0.167. The number of hydrogen-bond acceptors (Lipinski definition) is 2. The second-order valence-electron chi connectivity index (χ2n) is 3.48. The Hall–Kier alpha value is -1.74. The molecule has 3 N–H and O–H groups in total. The Kier molecular flexibility index (Phi) is 2.74. The summed E-state index contributed by atoms with van der Waals surface area (Å²) < 4.78 is 2.04. The maximum absolute atomic E-state index is 9.40. The van der Waals surface area contributed by atoms with Gasteiger partial charge in [0.05, 0.1) is 6.04 Å². The van der Waals surface area contributed by atoms with Crippen LogP contribution in [0.25, 0.3) is 0 Å². The van der Waals surface area contributed by atoms with Crippen LogP contribution < -0.4 is 5.73 Å². The fourth-order valence-corrected chi connectivity index (χ4v) is 1.72. The average molecular weight is 202 g/mol. The summed E-state index contributed by atoms with van der Waals surface area (Å²) >= 11 is 0. The normalized spacial score (nSPS) is 12.6. The molecule has 0 radical (unpaired) electrons. The van der Waals surface area contributed by atoms with Gasteiger partial charge < -0.3 is 15.4 Å². The number of aromatic nitrogens is 1. The van der Waals surface area contributed by atoms with E-state index in [0.29, 0.717) is 6.54 Å². The minimum absolute atomic E-state index is 0.0899. The molecule has 1 aromatic carbocycles. The van der Waals surface area contributed by atoms with Gasteiger partial charge in [0, 0.05) is 18.9 Å². The lowest BCUT2D eigenvalue weighted by Gasteiger charge is -2.17. The van der Waals surface area contributed by atoms with Crippen molar-refractivity contribution in [2.24, 2.45) is 5.73 Å². The minimum atomic E-state index is 0.0899. The first-order valence-corrected chi connectivity index (χ1v) is 4.92. The lowest BCUT2D eigenvalue weighted by molar-refractivity contribution is 0.472. The van der Waals surface area contributed by atoms with Gasteiger partial charge >= 0.3 is 0 Å². The summed E-state index contributed by atoms with van der Waals surface area (Å²) in [5, 5.41) is 9.40. The Balaban J connectivity index is 2.35. The van der Waals surface area contributed by atoms with Crippen LogP contribution in [0.1, 0.15) is 11.6 Å². The molecule has 0 aliphatic rings. The van der Waals surface area contributed by atoms with E-state index in [-0.39, 0.29) is 11.8 Å². The van der Waals surface area contributed by atoms with Gasteiger partial charge in [-0.3, -0.25) is 0 Å². The second kappa shape index (κ2) is 4.19. The van der Waals surface area contributed by atoms with E-state index in [1.807, 2.05) is 41.2 Å². The van der Waals surface area contributed by atoms with E-state index in [2.05, 4.69) is 0 Å². The molecule has 1 atom stereocenters. The molecule has 0 saturated carbocycles. The van der Waals surface area contributed by atoms with Crippen molar-refractivity contribution in [2.45, 2.75) is 6.04 Å². The van der Waals surface area contributed by atoms with Crippen LogP contribution in [0.2, 0.25) is 0 Å². The van der Waals surface area contributed by atoms with Crippen molar-refractivity contribution in [3.63, 3.8) is 0 Å². The van der Waals surface area contributed by atoms with Gasteiger partial charge in [0.25, 0.3) is 0 Å². The Morgan fingerprint density at radius 3 is 2.53 bits per heavy atom. The molecule has 0 saturated heterocycles. The monoisotopic (exact) mass is 202 g/mol. The first kappa shape index (κ1) is 9.80. The smallest absolute Gasteiger partial charge is 0.115 e. The predicted octanol–water partition coefficient (Wildman–Crippen LogP) is 1.74. The summed E-state index contributed by atoms with van der Waals surface area (Å²) in [6.45, 7) is 0.512. The number of benzene rings is 1. The number of rotatable bonds is 3.